The fourth-order valence-electron chi connectivity index (χ4n) is 4.10. The molecule has 296 valence electrons. The van der Waals surface area contributed by atoms with Crippen molar-refractivity contribution in [1.29, 1.82) is 0 Å². The van der Waals surface area contributed by atoms with Gasteiger partial charge in [0.25, 0.3) is 17.4 Å². The first-order valence-electron chi connectivity index (χ1n) is 15.2. The van der Waals surface area contributed by atoms with E-state index in [1.54, 1.807) is 0 Å². The van der Waals surface area contributed by atoms with Gasteiger partial charge in [-0.05, 0) is 19.8 Å². The van der Waals surface area contributed by atoms with E-state index < -0.39 is 130 Å². The Morgan fingerprint density at radius 3 is 1.64 bits per heavy atom. The molecule has 0 fully saturated rings. The maximum absolute atomic E-state index is 13.4. The summed E-state index contributed by atoms with van der Waals surface area (Å²) in [6.45, 7) is 1.09. The van der Waals surface area contributed by atoms with Crippen LogP contribution in [0.2, 0.25) is 0 Å². The number of nitrogens with zero attached hydrogens (tertiary/aromatic N) is 2. The number of amides is 6. The van der Waals surface area contributed by atoms with Gasteiger partial charge in [-0.1, -0.05) is 0 Å². The number of cyclic esters (lactones) is 1. The van der Waals surface area contributed by atoms with Crippen molar-refractivity contribution in [2.75, 3.05) is 38.0 Å². The van der Waals surface area contributed by atoms with Gasteiger partial charge >= 0.3 is 36.1 Å². The molecule has 0 aromatic heterocycles. The van der Waals surface area contributed by atoms with Gasteiger partial charge in [-0.25, -0.2) is 29.0 Å². The van der Waals surface area contributed by atoms with Crippen LogP contribution in [0.4, 0.5) is 9.59 Å². The number of carbonyl (C=O) groups excluding carboxylic acids is 6. The van der Waals surface area contributed by atoms with Gasteiger partial charge < -0.3 is 57.1 Å². The van der Waals surface area contributed by atoms with Crippen LogP contribution in [0.3, 0.4) is 0 Å². The zero-order valence-electron chi connectivity index (χ0n) is 28.5. The van der Waals surface area contributed by atoms with E-state index in [1.807, 2.05) is 0 Å². The molecule has 11 N–H and O–H groups in total. The zero-order chi connectivity index (χ0) is 40.8. The average Bonchev–Trinajstić information content (AvgIpc) is 3.34. The molecule has 1 aliphatic rings. The lowest BCUT2D eigenvalue weighted by molar-refractivity contribution is -0.169. The van der Waals surface area contributed by atoms with Crippen LogP contribution in [-0.4, -0.2) is 163 Å². The molecule has 0 aliphatic carbocycles. The molecular weight excluding hydrogens is 756 g/mol. The van der Waals surface area contributed by atoms with E-state index in [1.165, 1.54) is 6.92 Å². The Hall–Kier alpha value is -5.14. The van der Waals surface area contributed by atoms with Gasteiger partial charge in [0.05, 0.1) is 11.5 Å². The number of thioether (sulfide) groups is 2. The van der Waals surface area contributed by atoms with Crippen molar-refractivity contribution in [3.05, 3.63) is 10.7 Å². The molecule has 0 radical (unpaired) electrons. The van der Waals surface area contributed by atoms with E-state index in [2.05, 4.69) is 10.6 Å². The summed E-state index contributed by atoms with van der Waals surface area (Å²) in [5.41, 5.74) is 8.31. The number of imide groups is 2. The number of carbonyl (C=O) groups is 10. The highest BCUT2D eigenvalue weighted by Gasteiger charge is 2.56. The third-order valence-electron chi connectivity index (χ3n) is 7.13. The Morgan fingerprint density at radius 1 is 0.811 bits per heavy atom. The summed E-state index contributed by atoms with van der Waals surface area (Å²) < 4.78 is 10.3. The summed E-state index contributed by atoms with van der Waals surface area (Å²) >= 11 is 1.03. The highest BCUT2D eigenvalue weighted by atomic mass is 32.2. The van der Waals surface area contributed by atoms with E-state index in [9.17, 15) is 63.3 Å². The number of carboxylic acid groups (broad SMARTS) is 4. The average molecular weight is 797 g/mol. The smallest absolute Gasteiger partial charge is 0.413 e. The first-order valence-corrected chi connectivity index (χ1v) is 17.4. The number of hydrogen-bond donors (Lipinski definition) is 9. The lowest BCUT2D eigenvalue weighted by Gasteiger charge is -2.29. The summed E-state index contributed by atoms with van der Waals surface area (Å²) in [4.78, 5) is 122. The fraction of sp³-hybridized carbons (Fsp3) is 0.571. The van der Waals surface area contributed by atoms with Gasteiger partial charge in [0.15, 0.2) is 0 Å². The quantitative estimate of drug-likeness (QED) is 0.0552. The standard InChI is InChI=1S/C28H40N6O17S2/c1-4-50-25(45)28(11-52-9-14(20(38)33(2)26(46)47)31-16(35)7-5-12(29)22(40)41)19(18(37)24(44)51-28)53-10-15(21(39)34(3)27(48)49)32-17(36)8-6-13(30)23(42)43/h12-15,37H,4-11,29-30H2,1-3H3,(H,31,35)(H,32,36)(H,40,41)(H,42,43)(H,46,47)(H,48,49)/t12?,13?,14?,15?,28-/m1/s1. The molecule has 0 bridgehead atoms. The minimum atomic E-state index is -2.50. The number of hydrogen-bond acceptors (Lipinski definition) is 17. The molecule has 1 aliphatic heterocycles. The van der Waals surface area contributed by atoms with Gasteiger partial charge in [0, 0.05) is 44.2 Å². The Labute approximate surface area is 308 Å². The normalized spacial score (nSPS) is 17.3. The number of rotatable bonds is 21. The maximum atomic E-state index is 13.4. The van der Waals surface area contributed by atoms with Gasteiger partial charge in [0.1, 0.15) is 24.2 Å². The van der Waals surface area contributed by atoms with E-state index >= 15 is 0 Å². The lowest BCUT2D eigenvalue weighted by atomic mass is 10.1. The molecule has 25 heteroatoms. The molecule has 53 heavy (non-hydrogen) atoms. The third kappa shape index (κ3) is 13.1. The molecule has 0 aromatic carbocycles. The Kier molecular flexibility index (Phi) is 18.0. The van der Waals surface area contributed by atoms with Crippen LogP contribution in [0.25, 0.3) is 0 Å². The van der Waals surface area contributed by atoms with Gasteiger partial charge in [-0.2, -0.15) is 11.8 Å². The number of nitrogens with two attached hydrogens (primary N) is 2. The number of likely N-dealkylation sites (N-methyl/N-ethyl adjacent to an activating group) is 2. The molecule has 4 unspecified atom stereocenters. The Bertz CT molecular complexity index is 1510. The van der Waals surface area contributed by atoms with Gasteiger partial charge in [-0.15, -0.1) is 11.8 Å². The molecule has 6 amide bonds. The molecule has 23 nitrogen and oxygen atoms in total. The predicted octanol–water partition coefficient (Wildman–Crippen LogP) is -2.29. The zero-order valence-corrected chi connectivity index (χ0v) is 30.1. The van der Waals surface area contributed by atoms with E-state index in [0.717, 1.165) is 14.1 Å². The SMILES string of the molecule is CCOC(=O)[C@]1(CSCC(NC(=O)CCC(N)C(=O)O)C(=O)N(C)C(=O)O)OC(=O)C(O)=C1SCC(NC(=O)CCC(N)C(=O)O)C(=O)N(C)C(=O)O. The molecular formula is C28H40N6O17S2. The second-order valence-electron chi connectivity index (χ2n) is 11.0. The maximum Gasteiger partial charge on any atom is 0.413 e. The van der Waals surface area contributed by atoms with Crippen LogP contribution in [-0.2, 0) is 47.8 Å². The summed E-state index contributed by atoms with van der Waals surface area (Å²) in [5, 5.41) is 51.8. The number of carboxylic acids is 2. The van der Waals surface area contributed by atoms with Crippen LogP contribution in [0, 0.1) is 0 Å². The van der Waals surface area contributed by atoms with Crippen molar-refractivity contribution >= 4 is 83.2 Å². The monoisotopic (exact) mass is 796 g/mol. The molecule has 5 atom stereocenters. The Balaban J connectivity index is 3.42. The van der Waals surface area contributed by atoms with Crippen molar-refractivity contribution in [3.8, 4) is 0 Å². The number of aliphatic carboxylic acids is 2. The number of ether oxygens (including phenoxy) is 2. The molecule has 0 spiro atoms. The first kappa shape index (κ1) is 45.9. The van der Waals surface area contributed by atoms with E-state index in [4.69, 9.17) is 31.2 Å². The molecule has 1 heterocycles. The van der Waals surface area contributed by atoms with Gasteiger partial charge in [0.2, 0.25) is 17.6 Å². The predicted molar refractivity (Wildman–Crippen MR) is 180 cm³/mol. The number of aliphatic hydroxyl groups is 1. The largest absolute Gasteiger partial charge is 0.501 e. The van der Waals surface area contributed by atoms with Crippen LogP contribution in [0.1, 0.15) is 32.6 Å². The lowest BCUT2D eigenvalue weighted by Crippen LogP contribution is -2.51. The van der Waals surface area contributed by atoms with E-state index in [-0.39, 0.29) is 29.2 Å². The van der Waals surface area contributed by atoms with Crippen molar-refractivity contribution in [1.82, 2.24) is 20.4 Å². The molecule has 0 saturated carbocycles. The topological polar surface area (TPSA) is 373 Å². The second-order valence-corrected chi connectivity index (χ2v) is 13.1. The molecule has 0 saturated heterocycles. The van der Waals surface area contributed by atoms with E-state index in [0.29, 0.717) is 23.5 Å². The second kappa shape index (κ2) is 20.8. The summed E-state index contributed by atoms with van der Waals surface area (Å²) in [7, 11) is 1.73. The van der Waals surface area contributed by atoms with Crippen LogP contribution < -0.4 is 22.1 Å². The highest BCUT2D eigenvalue weighted by Crippen LogP contribution is 2.43. The number of esters is 2. The highest BCUT2D eigenvalue weighted by molar-refractivity contribution is 8.03. The summed E-state index contributed by atoms with van der Waals surface area (Å²) in [6, 6.07) is -6.22. The van der Waals surface area contributed by atoms with Crippen molar-refractivity contribution in [2.24, 2.45) is 11.5 Å². The number of nitrogens with one attached hydrogen (secondary N) is 2. The summed E-state index contributed by atoms with van der Waals surface area (Å²) in [5.74, 6) is -12.7. The molecule has 0 aromatic rings. The van der Waals surface area contributed by atoms with Crippen molar-refractivity contribution in [3.63, 3.8) is 0 Å². The minimum Gasteiger partial charge on any atom is -0.501 e. The van der Waals surface area contributed by atoms with Crippen LogP contribution in [0.5, 0.6) is 0 Å². The minimum absolute atomic E-state index is 0.211. The summed E-state index contributed by atoms with van der Waals surface area (Å²) in [6.07, 6.45) is -5.17. The van der Waals surface area contributed by atoms with Crippen LogP contribution >= 0.6 is 23.5 Å². The first-order chi connectivity index (χ1) is 24.6. The Morgan fingerprint density at radius 2 is 1.25 bits per heavy atom. The van der Waals surface area contributed by atoms with Crippen LogP contribution in [0.15, 0.2) is 10.7 Å². The van der Waals surface area contributed by atoms with Gasteiger partial charge in [-0.3, -0.25) is 28.8 Å². The molecule has 1 rings (SSSR count). The number of aliphatic hydroxyl groups excluding tert-OH is 1. The van der Waals surface area contributed by atoms with Crippen molar-refractivity contribution in [2.45, 2.75) is 62.4 Å². The fourth-order valence-corrected chi connectivity index (χ4v) is 6.59. The van der Waals surface area contributed by atoms with Crippen molar-refractivity contribution < 1.29 is 83.0 Å². The third-order valence-corrected chi connectivity index (χ3v) is 9.62.